The summed E-state index contributed by atoms with van der Waals surface area (Å²) in [7, 11) is 3.23. The van der Waals surface area contributed by atoms with Gasteiger partial charge in [-0.2, -0.15) is 0 Å². The molecule has 1 amide bonds. The molecule has 0 bridgehead atoms. The molecule has 1 N–H and O–H groups in total. The van der Waals surface area contributed by atoms with Crippen LogP contribution in [0.15, 0.2) is 28.8 Å². The van der Waals surface area contributed by atoms with Crippen molar-refractivity contribution in [1.29, 1.82) is 0 Å². The topological polar surface area (TPSA) is 69.2 Å². The predicted molar refractivity (Wildman–Crippen MR) is 89.9 cm³/mol. The number of fused-ring (bicyclic) bond motifs is 1. The number of ether oxygens (including phenoxy) is 2. The van der Waals surface area contributed by atoms with Gasteiger partial charge in [0.05, 0.1) is 20.8 Å². The van der Waals surface area contributed by atoms with E-state index < -0.39 is 0 Å². The van der Waals surface area contributed by atoms with E-state index in [1.54, 1.807) is 19.1 Å². The largest absolute Gasteiger partial charge is 0.493 e. The fourth-order valence-corrected chi connectivity index (χ4v) is 4.04. The SMILES string of the molecule is COc1ccc(C2N(c3cc(C)on3)C(=O)C3CCC[NH+]32)cc1OC. The lowest BCUT2D eigenvalue weighted by atomic mass is 10.1. The first-order valence-corrected chi connectivity index (χ1v) is 8.48. The van der Waals surface area contributed by atoms with Crippen molar-refractivity contribution in [3.63, 3.8) is 0 Å². The van der Waals surface area contributed by atoms with Gasteiger partial charge in [0.25, 0.3) is 5.91 Å². The number of hydrogen-bond acceptors (Lipinski definition) is 5. The molecule has 3 heterocycles. The molecule has 7 nitrogen and oxygen atoms in total. The molecule has 0 saturated carbocycles. The van der Waals surface area contributed by atoms with E-state index in [1.165, 1.54) is 4.90 Å². The number of carbonyl (C=O) groups is 1. The minimum absolute atomic E-state index is 0.0184. The number of nitrogens with one attached hydrogen (secondary N) is 1. The maximum absolute atomic E-state index is 13.0. The molecule has 7 heteroatoms. The Morgan fingerprint density at radius 1 is 1.24 bits per heavy atom. The highest BCUT2D eigenvalue weighted by Crippen LogP contribution is 2.35. The van der Waals surface area contributed by atoms with Gasteiger partial charge in [-0.15, -0.1) is 0 Å². The van der Waals surface area contributed by atoms with Crippen molar-refractivity contribution in [3.05, 3.63) is 35.6 Å². The van der Waals surface area contributed by atoms with E-state index in [1.807, 2.05) is 31.2 Å². The van der Waals surface area contributed by atoms with Crippen LogP contribution in [0.25, 0.3) is 0 Å². The fraction of sp³-hybridized carbons (Fsp3) is 0.444. The third kappa shape index (κ3) is 2.46. The van der Waals surface area contributed by atoms with Crippen molar-refractivity contribution >= 4 is 11.7 Å². The van der Waals surface area contributed by atoms with Crippen molar-refractivity contribution in [1.82, 2.24) is 5.16 Å². The molecule has 3 unspecified atom stereocenters. The second kappa shape index (κ2) is 6.07. The van der Waals surface area contributed by atoms with Crippen LogP contribution < -0.4 is 19.3 Å². The maximum Gasteiger partial charge on any atom is 0.291 e. The van der Waals surface area contributed by atoms with Crippen molar-refractivity contribution < 1.29 is 23.7 Å². The number of nitrogens with zero attached hydrogens (tertiary/aromatic N) is 2. The van der Waals surface area contributed by atoms with Crippen LogP contribution in [0.3, 0.4) is 0 Å². The highest BCUT2D eigenvalue weighted by molar-refractivity contribution is 5.97. The number of carbonyl (C=O) groups excluding carboxylic acids is 1. The summed E-state index contributed by atoms with van der Waals surface area (Å²) in [5, 5.41) is 4.09. The Hall–Kier alpha value is -2.54. The number of aryl methyl sites for hydroxylation is 1. The van der Waals surface area contributed by atoms with Gasteiger partial charge in [-0.3, -0.25) is 4.79 Å². The zero-order valence-electron chi connectivity index (χ0n) is 14.6. The van der Waals surface area contributed by atoms with E-state index in [0.717, 1.165) is 24.9 Å². The first-order valence-electron chi connectivity index (χ1n) is 8.48. The van der Waals surface area contributed by atoms with Crippen LogP contribution in [-0.4, -0.2) is 37.9 Å². The van der Waals surface area contributed by atoms with Crippen LogP contribution in [0.2, 0.25) is 0 Å². The first-order chi connectivity index (χ1) is 12.1. The van der Waals surface area contributed by atoms with Gasteiger partial charge in [-0.1, -0.05) is 5.16 Å². The number of aromatic nitrogens is 1. The number of anilines is 1. The summed E-state index contributed by atoms with van der Waals surface area (Å²) in [6.45, 7) is 2.79. The molecule has 0 spiro atoms. The summed E-state index contributed by atoms with van der Waals surface area (Å²) in [5.74, 6) is 2.71. The van der Waals surface area contributed by atoms with E-state index in [4.69, 9.17) is 14.0 Å². The van der Waals surface area contributed by atoms with E-state index in [-0.39, 0.29) is 18.1 Å². The average Bonchev–Trinajstić information content (AvgIpc) is 3.32. The number of hydrogen-bond donors (Lipinski definition) is 1. The van der Waals surface area contributed by atoms with E-state index in [0.29, 0.717) is 23.1 Å². The molecule has 132 valence electrons. The Morgan fingerprint density at radius 2 is 2.04 bits per heavy atom. The Kier molecular flexibility index (Phi) is 3.88. The summed E-state index contributed by atoms with van der Waals surface area (Å²) in [6.07, 6.45) is 1.83. The van der Waals surface area contributed by atoms with E-state index >= 15 is 0 Å². The fourth-order valence-electron chi connectivity index (χ4n) is 4.04. The van der Waals surface area contributed by atoms with Gasteiger partial charge in [0.2, 0.25) is 0 Å². The van der Waals surface area contributed by atoms with Crippen LogP contribution in [0.5, 0.6) is 11.5 Å². The molecule has 2 aliphatic rings. The summed E-state index contributed by atoms with van der Waals surface area (Å²) in [4.78, 5) is 16.1. The molecule has 2 aliphatic heterocycles. The zero-order valence-corrected chi connectivity index (χ0v) is 14.6. The van der Waals surface area contributed by atoms with Gasteiger partial charge >= 0.3 is 0 Å². The molecule has 3 atom stereocenters. The Bertz CT molecular complexity index is 803. The normalized spacial score (nSPS) is 25.3. The second-order valence-corrected chi connectivity index (χ2v) is 6.54. The van der Waals surface area contributed by atoms with Crippen LogP contribution >= 0.6 is 0 Å². The van der Waals surface area contributed by atoms with E-state index in [9.17, 15) is 4.79 Å². The van der Waals surface area contributed by atoms with Gasteiger partial charge in [-0.05, 0) is 25.1 Å². The van der Waals surface area contributed by atoms with Crippen molar-refractivity contribution in [2.45, 2.75) is 32.0 Å². The van der Waals surface area contributed by atoms with E-state index in [2.05, 4.69) is 5.16 Å². The summed E-state index contributed by atoms with van der Waals surface area (Å²) < 4.78 is 16.0. The van der Waals surface area contributed by atoms with Gasteiger partial charge in [0.1, 0.15) is 5.76 Å². The lowest BCUT2D eigenvalue weighted by Crippen LogP contribution is -3.12. The third-order valence-electron chi connectivity index (χ3n) is 5.14. The Balaban J connectivity index is 1.80. The molecular weight excluding hydrogens is 322 g/mol. The number of amides is 1. The van der Waals surface area contributed by atoms with Gasteiger partial charge < -0.3 is 18.9 Å². The summed E-state index contributed by atoms with van der Waals surface area (Å²) in [6, 6.07) is 7.62. The van der Waals surface area contributed by atoms with Crippen molar-refractivity contribution in [2.75, 3.05) is 25.7 Å². The molecular formula is C18H22N3O4+. The molecule has 0 radical (unpaired) electrons. The molecule has 1 aromatic heterocycles. The van der Waals surface area contributed by atoms with Gasteiger partial charge in [0.15, 0.2) is 29.5 Å². The van der Waals surface area contributed by atoms with Gasteiger partial charge in [0, 0.05) is 24.5 Å². The number of rotatable bonds is 4. The molecule has 2 saturated heterocycles. The molecule has 2 aromatic rings. The lowest BCUT2D eigenvalue weighted by Gasteiger charge is -2.25. The quantitative estimate of drug-likeness (QED) is 0.899. The second-order valence-electron chi connectivity index (χ2n) is 6.54. The third-order valence-corrected chi connectivity index (χ3v) is 5.14. The van der Waals surface area contributed by atoms with Crippen molar-refractivity contribution in [3.8, 4) is 11.5 Å². The monoisotopic (exact) mass is 344 g/mol. The molecule has 2 fully saturated rings. The maximum atomic E-state index is 13.0. The lowest BCUT2D eigenvalue weighted by molar-refractivity contribution is -0.924. The minimum atomic E-state index is -0.135. The highest BCUT2D eigenvalue weighted by Gasteiger charge is 2.54. The van der Waals surface area contributed by atoms with Crippen LogP contribution in [0.1, 0.15) is 30.3 Å². The van der Waals surface area contributed by atoms with Crippen LogP contribution in [0.4, 0.5) is 5.82 Å². The van der Waals surface area contributed by atoms with Crippen LogP contribution in [-0.2, 0) is 4.79 Å². The Morgan fingerprint density at radius 3 is 2.72 bits per heavy atom. The average molecular weight is 344 g/mol. The first kappa shape index (κ1) is 16.0. The highest BCUT2D eigenvalue weighted by atomic mass is 16.5. The van der Waals surface area contributed by atoms with Gasteiger partial charge in [-0.25, -0.2) is 4.90 Å². The molecule has 4 rings (SSSR count). The smallest absolute Gasteiger partial charge is 0.291 e. The summed E-state index contributed by atoms with van der Waals surface area (Å²) in [5.41, 5.74) is 1.01. The predicted octanol–water partition coefficient (Wildman–Crippen LogP) is 1.09. The number of quaternary nitrogens is 1. The minimum Gasteiger partial charge on any atom is -0.493 e. The molecule has 1 aromatic carbocycles. The summed E-state index contributed by atoms with van der Waals surface area (Å²) >= 11 is 0. The molecule has 25 heavy (non-hydrogen) atoms. The van der Waals surface area contributed by atoms with Crippen LogP contribution in [0, 0.1) is 6.92 Å². The zero-order chi connectivity index (χ0) is 17.6. The molecule has 0 aliphatic carbocycles. The Labute approximate surface area is 146 Å². The van der Waals surface area contributed by atoms with Crippen molar-refractivity contribution in [2.24, 2.45) is 0 Å². The number of methoxy groups -OCH3 is 2. The number of benzene rings is 1. The standard InChI is InChI=1S/C18H21N3O4/c1-11-9-16(19-25-11)21-17(20-8-4-5-13(20)18(21)22)12-6-7-14(23-2)15(10-12)24-3/h6-7,9-10,13,17H,4-5,8H2,1-3H3/p+1.